The molecule has 28 heavy (non-hydrogen) atoms. The molecule has 0 radical (unpaired) electrons. The molecule has 0 amide bonds. The Balaban J connectivity index is 1.56. The van der Waals surface area contributed by atoms with Crippen LogP contribution in [-0.4, -0.2) is 48.7 Å². The Bertz CT molecular complexity index is 779. The third-order valence-corrected chi connectivity index (χ3v) is 5.49. The minimum Gasteiger partial charge on any atom is -0.356 e. The van der Waals surface area contributed by atoms with Gasteiger partial charge in [0.05, 0.1) is 5.02 Å². The Kier molecular flexibility index (Phi) is 7.09. The molecule has 7 heteroatoms. The molecular weight excluding hydrogens is 372 g/mol. The largest absolute Gasteiger partial charge is 0.356 e. The summed E-state index contributed by atoms with van der Waals surface area (Å²) < 4.78 is 0. The molecule has 150 valence electrons. The number of hydrogen-bond donors (Lipinski definition) is 2. The fourth-order valence-corrected chi connectivity index (χ4v) is 3.85. The van der Waals surface area contributed by atoms with Crippen molar-refractivity contribution in [3.05, 3.63) is 53.4 Å². The third kappa shape index (κ3) is 5.13. The van der Waals surface area contributed by atoms with E-state index in [2.05, 4.69) is 50.4 Å². The van der Waals surface area contributed by atoms with Crippen molar-refractivity contribution in [2.75, 3.05) is 31.6 Å². The molecule has 3 rings (SSSR count). The van der Waals surface area contributed by atoms with E-state index in [1.807, 2.05) is 37.6 Å². The Morgan fingerprint density at radius 3 is 2.82 bits per heavy atom. The van der Waals surface area contributed by atoms with Gasteiger partial charge in [-0.3, -0.25) is 9.98 Å². The number of halogens is 1. The Morgan fingerprint density at radius 2 is 2.14 bits per heavy atom. The van der Waals surface area contributed by atoms with Crippen molar-refractivity contribution in [1.82, 2.24) is 20.6 Å². The number of pyridine rings is 2. The molecule has 1 saturated heterocycles. The lowest BCUT2D eigenvalue weighted by molar-refractivity contribution is 0.485. The second-order valence-corrected chi connectivity index (χ2v) is 7.88. The van der Waals surface area contributed by atoms with E-state index in [9.17, 15) is 0 Å². The topological polar surface area (TPSA) is 65.4 Å². The summed E-state index contributed by atoms with van der Waals surface area (Å²) in [4.78, 5) is 15.3. The molecule has 2 aromatic rings. The van der Waals surface area contributed by atoms with Crippen LogP contribution < -0.4 is 15.5 Å². The number of aliphatic imine (C=N–C) groups is 1. The number of anilines is 1. The molecule has 0 bridgehead atoms. The van der Waals surface area contributed by atoms with Gasteiger partial charge in [0, 0.05) is 57.2 Å². The van der Waals surface area contributed by atoms with Crippen molar-refractivity contribution in [2.24, 2.45) is 10.9 Å². The van der Waals surface area contributed by atoms with E-state index >= 15 is 0 Å². The molecule has 6 nitrogen and oxygen atoms in total. The minimum absolute atomic E-state index is 0.306. The van der Waals surface area contributed by atoms with Crippen LogP contribution in [0.15, 0.2) is 47.8 Å². The average molecular weight is 401 g/mol. The van der Waals surface area contributed by atoms with Crippen LogP contribution in [0.25, 0.3) is 0 Å². The number of guanidine groups is 1. The van der Waals surface area contributed by atoms with Gasteiger partial charge in [0.1, 0.15) is 5.82 Å². The highest BCUT2D eigenvalue weighted by atomic mass is 35.5. The van der Waals surface area contributed by atoms with Gasteiger partial charge in [-0.1, -0.05) is 31.5 Å². The van der Waals surface area contributed by atoms with Crippen molar-refractivity contribution < 1.29 is 0 Å². The first-order chi connectivity index (χ1) is 13.6. The standard InChI is InChI=1S/C21H29ClN6/c1-15(2)18(16-6-4-9-24-12-16)13-26-21(23-3)27-17-8-11-28(14-17)20-19(22)7-5-10-25-20/h4-7,9-10,12,15,17-18H,8,11,13-14H2,1-3H3,(H2,23,26,27). The highest BCUT2D eigenvalue weighted by Crippen LogP contribution is 2.26. The second-order valence-electron chi connectivity index (χ2n) is 7.47. The molecule has 0 spiro atoms. The minimum atomic E-state index is 0.306. The molecule has 2 atom stereocenters. The quantitative estimate of drug-likeness (QED) is 0.575. The predicted octanol–water partition coefficient (Wildman–Crippen LogP) is 3.31. The summed E-state index contributed by atoms with van der Waals surface area (Å²) in [5.41, 5.74) is 1.25. The van der Waals surface area contributed by atoms with E-state index in [1.54, 1.807) is 6.20 Å². The fraction of sp³-hybridized carbons (Fsp3) is 0.476. The predicted molar refractivity (Wildman–Crippen MR) is 116 cm³/mol. The lowest BCUT2D eigenvalue weighted by atomic mass is 9.89. The van der Waals surface area contributed by atoms with Gasteiger partial charge in [0.2, 0.25) is 0 Å². The average Bonchev–Trinajstić information content (AvgIpc) is 3.16. The normalized spacial score (nSPS) is 18.4. The van der Waals surface area contributed by atoms with Gasteiger partial charge in [0.25, 0.3) is 0 Å². The maximum Gasteiger partial charge on any atom is 0.191 e. The number of rotatable bonds is 6. The first-order valence-corrected chi connectivity index (χ1v) is 10.2. The van der Waals surface area contributed by atoms with Crippen LogP contribution in [0.2, 0.25) is 5.02 Å². The molecule has 2 unspecified atom stereocenters. The molecule has 3 heterocycles. The Morgan fingerprint density at radius 1 is 1.32 bits per heavy atom. The lowest BCUT2D eigenvalue weighted by Gasteiger charge is -2.24. The Labute approximate surface area is 172 Å². The zero-order chi connectivity index (χ0) is 19.9. The van der Waals surface area contributed by atoms with Gasteiger partial charge >= 0.3 is 0 Å². The molecule has 1 aliphatic heterocycles. The van der Waals surface area contributed by atoms with Crippen LogP contribution in [0.4, 0.5) is 5.82 Å². The second kappa shape index (κ2) is 9.73. The number of nitrogens with zero attached hydrogens (tertiary/aromatic N) is 4. The van der Waals surface area contributed by atoms with Crippen LogP contribution in [0, 0.1) is 5.92 Å². The Hall–Kier alpha value is -2.34. The number of nitrogens with one attached hydrogen (secondary N) is 2. The molecule has 0 saturated carbocycles. The molecule has 0 aliphatic carbocycles. The van der Waals surface area contributed by atoms with E-state index in [-0.39, 0.29) is 0 Å². The van der Waals surface area contributed by atoms with Crippen molar-refractivity contribution in [3.8, 4) is 0 Å². The van der Waals surface area contributed by atoms with E-state index in [0.717, 1.165) is 37.8 Å². The highest BCUT2D eigenvalue weighted by molar-refractivity contribution is 6.32. The highest BCUT2D eigenvalue weighted by Gasteiger charge is 2.26. The third-order valence-electron chi connectivity index (χ3n) is 5.20. The summed E-state index contributed by atoms with van der Waals surface area (Å²) in [6.07, 6.45) is 6.57. The number of aromatic nitrogens is 2. The first kappa shape index (κ1) is 20.4. The summed E-state index contributed by atoms with van der Waals surface area (Å²) in [6.45, 7) is 7.07. The smallest absolute Gasteiger partial charge is 0.191 e. The monoisotopic (exact) mass is 400 g/mol. The maximum absolute atomic E-state index is 6.29. The molecule has 1 aliphatic rings. The zero-order valence-electron chi connectivity index (χ0n) is 16.8. The van der Waals surface area contributed by atoms with Crippen molar-refractivity contribution in [2.45, 2.75) is 32.2 Å². The van der Waals surface area contributed by atoms with E-state index in [0.29, 0.717) is 22.9 Å². The summed E-state index contributed by atoms with van der Waals surface area (Å²) in [5, 5.41) is 7.73. The van der Waals surface area contributed by atoms with Gasteiger partial charge in [-0.15, -0.1) is 0 Å². The van der Waals surface area contributed by atoms with E-state index < -0.39 is 0 Å². The molecule has 0 aromatic carbocycles. The summed E-state index contributed by atoms with van der Waals surface area (Å²) in [6, 6.07) is 8.18. The van der Waals surface area contributed by atoms with E-state index in [4.69, 9.17) is 11.6 Å². The van der Waals surface area contributed by atoms with Gasteiger partial charge in [-0.2, -0.15) is 0 Å². The van der Waals surface area contributed by atoms with Gasteiger partial charge in [-0.05, 0) is 36.1 Å². The van der Waals surface area contributed by atoms with Crippen LogP contribution >= 0.6 is 11.6 Å². The van der Waals surface area contributed by atoms with Gasteiger partial charge in [-0.25, -0.2) is 4.98 Å². The number of hydrogen-bond acceptors (Lipinski definition) is 4. The summed E-state index contributed by atoms with van der Waals surface area (Å²) >= 11 is 6.29. The fourth-order valence-electron chi connectivity index (χ4n) is 3.61. The van der Waals surface area contributed by atoms with Crippen LogP contribution in [0.5, 0.6) is 0 Å². The van der Waals surface area contributed by atoms with Crippen LogP contribution in [-0.2, 0) is 0 Å². The molecule has 2 N–H and O–H groups in total. The van der Waals surface area contributed by atoms with Crippen LogP contribution in [0.1, 0.15) is 31.7 Å². The van der Waals surface area contributed by atoms with Crippen LogP contribution in [0.3, 0.4) is 0 Å². The van der Waals surface area contributed by atoms with Crippen molar-refractivity contribution >= 4 is 23.4 Å². The zero-order valence-corrected chi connectivity index (χ0v) is 17.5. The molecule has 2 aromatic heterocycles. The maximum atomic E-state index is 6.29. The summed E-state index contributed by atoms with van der Waals surface area (Å²) in [7, 11) is 1.81. The van der Waals surface area contributed by atoms with Gasteiger partial charge in [0.15, 0.2) is 5.96 Å². The first-order valence-electron chi connectivity index (χ1n) is 9.81. The SMILES string of the molecule is CN=C(NCC(c1cccnc1)C(C)C)NC1CCN(c2ncccc2Cl)C1. The van der Waals surface area contributed by atoms with Crippen molar-refractivity contribution in [1.29, 1.82) is 0 Å². The molecule has 1 fully saturated rings. The van der Waals surface area contributed by atoms with Gasteiger partial charge < -0.3 is 15.5 Å². The summed E-state index contributed by atoms with van der Waals surface area (Å²) in [5.74, 6) is 2.56. The molecular formula is C21H29ClN6. The van der Waals surface area contributed by atoms with Crippen molar-refractivity contribution in [3.63, 3.8) is 0 Å². The van der Waals surface area contributed by atoms with E-state index in [1.165, 1.54) is 5.56 Å². The lowest BCUT2D eigenvalue weighted by Crippen LogP contribution is -2.46.